The molecule has 1 fully saturated rings. The molecule has 3 rings (SSSR count). The third kappa shape index (κ3) is 2.44. The van der Waals surface area contributed by atoms with Crippen LogP contribution in [0.5, 0.6) is 0 Å². The van der Waals surface area contributed by atoms with Gasteiger partial charge in [0.05, 0.1) is 12.5 Å². The minimum Gasteiger partial charge on any atom is -0.448 e. The van der Waals surface area contributed by atoms with Gasteiger partial charge in [0.2, 0.25) is 5.91 Å². The number of hydrogen-bond donors (Lipinski definition) is 1. The molecule has 2 aromatic rings. The van der Waals surface area contributed by atoms with Crippen molar-refractivity contribution in [1.82, 2.24) is 9.88 Å². The van der Waals surface area contributed by atoms with E-state index in [2.05, 4.69) is 4.98 Å². The van der Waals surface area contributed by atoms with Gasteiger partial charge in [0.25, 0.3) is 0 Å². The number of likely N-dealkylation sites (tertiary alicyclic amines) is 1. The molecule has 1 aromatic carbocycles. The van der Waals surface area contributed by atoms with Gasteiger partial charge >= 0.3 is 0 Å². The highest BCUT2D eigenvalue weighted by molar-refractivity contribution is 5.78. The minimum atomic E-state index is -0.0117. The summed E-state index contributed by atoms with van der Waals surface area (Å²) in [7, 11) is 0. The average Bonchev–Trinajstić information content (AvgIpc) is 3.16. The second-order valence-electron chi connectivity index (χ2n) is 4.97. The van der Waals surface area contributed by atoms with E-state index in [1.54, 1.807) is 11.2 Å². The highest BCUT2D eigenvalue weighted by atomic mass is 16.3. The predicted molar refractivity (Wildman–Crippen MR) is 74.9 cm³/mol. The molecule has 5 nitrogen and oxygen atoms in total. The Kier molecular flexibility index (Phi) is 3.52. The van der Waals surface area contributed by atoms with Gasteiger partial charge in [-0.25, -0.2) is 4.98 Å². The third-order valence-electron chi connectivity index (χ3n) is 3.66. The van der Waals surface area contributed by atoms with Crippen LogP contribution in [0.1, 0.15) is 18.2 Å². The predicted octanol–water partition coefficient (Wildman–Crippen LogP) is 1.62. The number of nitrogens with two attached hydrogens (primary N) is 1. The van der Waals surface area contributed by atoms with Crippen LogP contribution in [0.4, 0.5) is 0 Å². The summed E-state index contributed by atoms with van der Waals surface area (Å²) in [6.45, 7) is 1.43. The third-order valence-corrected chi connectivity index (χ3v) is 3.66. The van der Waals surface area contributed by atoms with Gasteiger partial charge in [0, 0.05) is 18.7 Å². The van der Waals surface area contributed by atoms with Gasteiger partial charge in [-0.15, -0.1) is 0 Å². The van der Waals surface area contributed by atoms with Crippen molar-refractivity contribution in [2.75, 3.05) is 19.6 Å². The van der Waals surface area contributed by atoms with E-state index >= 15 is 0 Å². The lowest BCUT2D eigenvalue weighted by atomic mass is 10.1. The molecule has 5 heteroatoms. The van der Waals surface area contributed by atoms with Crippen molar-refractivity contribution in [3.63, 3.8) is 0 Å². The van der Waals surface area contributed by atoms with Gasteiger partial charge < -0.3 is 15.1 Å². The Morgan fingerprint density at radius 2 is 2.20 bits per heavy atom. The maximum atomic E-state index is 11.6. The van der Waals surface area contributed by atoms with Gasteiger partial charge in [-0.2, -0.15) is 0 Å². The van der Waals surface area contributed by atoms with Crippen LogP contribution in [0.25, 0.3) is 11.3 Å². The maximum Gasteiger partial charge on any atom is 0.236 e. The summed E-state index contributed by atoms with van der Waals surface area (Å²) < 4.78 is 5.58. The summed E-state index contributed by atoms with van der Waals surface area (Å²) in [4.78, 5) is 17.9. The number of amides is 1. The van der Waals surface area contributed by atoms with Crippen molar-refractivity contribution < 1.29 is 9.21 Å². The van der Waals surface area contributed by atoms with E-state index < -0.39 is 0 Å². The van der Waals surface area contributed by atoms with Gasteiger partial charge in [0.15, 0.2) is 5.89 Å². The summed E-state index contributed by atoms with van der Waals surface area (Å²) in [6, 6.07) is 9.92. The first-order valence-electron chi connectivity index (χ1n) is 6.76. The van der Waals surface area contributed by atoms with E-state index in [4.69, 9.17) is 10.2 Å². The molecular formula is C15H17N3O2. The zero-order chi connectivity index (χ0) is 13.9. The van der Waals surface area contributed by atoms with Crippen LogP contribution in [-0.4, -0.2) is 35.4 Å². The van der Waals surface area contributed by atoms with Crippen LogP contribution in [0.3, 0.4) is 0 Å². The zero-order valence-corrected chi connectivity index (χ0v) is 11.2. The summed E-state index contributed by atoms with van der Waals surface area (Å²) in [6.07, 6.45) is 2.55. The highest BCUT2D eigenvalue weighted by Crippen LogP contribution is 2.28. The van der Waals surface area contributed by atoms with Crippen molar-refractivity contribution in [3.8, 4) is 11.3 Å². The number of hydrogen-bond acceptors (Lipinski definition) is 4. The first-order valence-corrected chi connectivity index (χ1v) is 6.76. The normalized spacial score (nSPS) is 18.4. The molecule has 2 heterocycles. The molecule has 1 saturated heterocycles. The Morgan fingerprint density at radius 1 is 1.40 bits per heavy atom. The topological polar surface area (TPSA) is 72.4 Å². The first kappa shape index (κ1) is 12.9. The lowest BCUT2D eigenvalue weighted by Gasteiger charge is -2.13. The molecule has 1 unspecified atom stereocenters. The molecule has 1 amide bonds. The Bertz CT molecular complexity index is 594. The smallest absolute Gasteiger partial charge is 0.236 e. The average molecular weight is 271 g/mol. The van der Waals surface area contributed by atoms with E-state index in [0.29, 0.717) is 12.4 Å². The molecule has 1 atom stereocenters. The van der Waals surface area contributed by atoms with E-state index in [1.807, 2.05) is 30.3 Å². The van der Waals surface area contributed by atoms with Crippen molar-refractivity contribution in [3.05, 3.63) is 42.5 Å². The van der Waals surface area contributed by atoms with Crippen LogP contribution in [-0.2, 0) is 4.79 Å². The molecule has 1 aromatic heterocycles. The van der Waals surface area contributed by atoms with Crippen molar-refractivity contribution >= 4 is 5.91 Å². The van der Waals surface area contributed by atoms with E-state index in [-0.39, 0.29) is 18.4 Å². The molecule has 1 aliphatic heterocycles. The molecule has 0 aliphatic carbocycles. The number of rotatable bonds is 3. The van der Waals surface area contributed by atoms with Gasteiger partial charge in [0.1, 0.15) is 12.0 Å². The van der Waals surface area contributed by atoms with Crippen LogP contribution in [0, 0.1) is 0 Å². The lowest BCUT2D eigenvalue weighted by molar-refractivity contribution is -0.128. The highest BCUT2D eigenvalue weighted by Gasteiger charge is 2.29. The quantitative estimate of drug-likeness (QED) is 0.920. The van der Waals surface area contributed by atoms with Gasteiger partial charge in [-0.3, -0.25) is 4.79 Å². The van der Waals surface area contributed by atoms with Gasteiger partial charge in [-0.1, -0.05) is 30.3 Å². The fourth-order valence-corrected chi connectivity index (χ4v) is 2.53. The second-order valence-corrected chi connectivity index (χ2v) is 4.97. The zero-order valence-electron chi connectivity index (χ0n) is 11.2. The molecule has 0 spiro atoms. The number of carbonyl (C=O) groups excluding carboxylic acids is 1. The Labute approximate surface area is 117 Å². The number of oxazole rings is 1. The van der Waals surface area contributed by atoms with Crippen LogP contribution in [0.2, 0.25) is 0 Å². The summed E-state index contributed by atoms with van der Waals surface area (Å²) >= 11 is 0. The fraction of sp³-hybridized carbons (Fsp3) is 0.333. The number of nitrogens with zero attached hydrogens (tertiary/aromatic N) is 2. The SMILES string of the molecule is NCC(=O)N1CCC(c2nc(-c3ccccc3)co2)C1. The van der Waals surface area contributed by atoms with Crippen LogP contribution < -0.4 is 5.73 Å². The summed E-state index contributed by atoms with van der Waals surface area (Å²) in [5.74, 6) is 0.862. The molecular weight excluding hydrogens is 254 g/mol. The molecule has 0 bridgehead atoms. The van der Waals surface area contributed by atoms with E-state index in [9.17, 15) is 4.79 Å². The molecule has 0 radical (unpaired) electrons. The van der Waals surface area contributed by atoms with Crippen molar-refractivity contribution in [1.29, 1.82) is 0 Å². The minimum absolute atomic E-state index is 0.0117. The first-order chi connectivity index (χ1) is 9.78. The molecule has 2 N–H and O–H groups in total. The number of benzene rings is 1. The second kappa shape index (κ2) is 5.46. The lowest BCUT2D eigenvalue weighted by Crippen LogP contribution is -2.33. The van der Waals surface area contributed by atoms with Gasteiger partial charge in [-0.05, 0) is 6.42 Å². The van der Waals surface area contributed by atoms with E-state index in [1.165, 1.54) is 0 Å². The summed E-state index contributed by atoms with van der Waals surface area (Å²) in [5, 5.41) is 0. The Hall–Kier alpha value is -2.14. The number of aromatic nitrogens is 1. The standard InChI is InChI=1S/C15H17N3O2/c16-8-14(19)18-7-6-12(9-18)15-17-13(10-20-15)11-4-2-1-3-5-11/h1-5,10,12H,6-9,16H2. The number of carbonyl (C=O) groups is 1. The molecule has 0 saturated carbocycles. The Morgan fingerprint density at radius 3 is 2.95 bits per heavy atom. The van der Waals surface area contributed by atoms with Crippen molar-refractivity contribution in [2.24, 2.45) is 5.73 Å². The van der Waals surface area contributed by atoms with E-state index in [0.717, 1.165) is 24.2 Å². The monoisotopic (exact) mass is 271 g/mol. The largest absolute Gasteiger partial charge is 0.448 e. The van der Waals surface area contributed by atoms with Crippen LogP contribution >= 0.6 is 0 Å². The van der Waals surface area contributed by atoms with Crippen molar-refractivity contribution in [2.45, 2.75) is 12.3 Å². The molecule has 1 aliphatic rings. The maximum absolute atomic E-state index is 11.6. The molecule has 20 heavy (non-hydrogen) atoms. The summed E-state index contributed by atoms with van der Waals surface area (Å²) in [5.41, 5.74) is 7.26. The fourth-order valence-electron chi connectivity index (χ4n) is 2.53. The molecule has 104 valence electrons. The Balaban J connectivity index is 1.74. The van der Waals surface area contributed by atoms with Crippen LogP contribution in [0.15, 0.2) is 41.0 Å².